The van der Waals surface area contributed by atoms with Gasteiger partial charge in [-0.15, -0.1) is 0 Å². The third kappa shape index (κ3) is 3.57. The number of fused-ring (bicyclic) bond motifs is 1. The van der Waals surface area contributed by atoms with Crippen LogP contribution in [0, 0.1) is 18.3 Å². The second-order valence-corrected chi connectivity index (χ2v) is 7.18. The summed E-state index contributed by atoms with van der Waals surface area (Å²) < 4.78 is 5.70. The van der Waals surface area contributed by atoms with Gasteiger partial charge >= 0.3 is 0 Å². The van der Waals surface area contributed by atoms with Crippen LogP contribution in [0.4, 0.5) is 5.69 Å². The molecule has 1 aromatic heterocycles. The number of nitrogens with one attached hydrogen (secondary N) is 1. The quantitative estimate of drug-likeness (QED) is 0.685. The lowest BCUT2D eigenvalue weighted by Crippen LogP contribution is -2.13. The molecule has 1 N–H and O–H groups in total. The summed E-state index contributed by atoms with van der Waals surface area (Å²) in [5, 5.41) is 12.4. The third-order valence-electron chi connectivity index (χ3n) is 5.28. The van der Waals surface area contributed by atoms with Crippen LogP contribution in [0.3, 0.4) is 0 Å². The molecular weight excluding hydrogens is 364 g/mol. The van der Waals surface area contributed by atoms with Crippen molar-refractivity contribution in [3.8, 4) is 6.07 Å². The highest BCUT2D eigenvalue weighted by Gasteiger charge is 2.28. The van der Waals surface area contributed by atoms with Crippen molar-refractivity contribution in [2.45, 2.75) is 32.1 Å². The molecule has 0 bridgehead atoms. The number of aryl methyl sites for hydroxylation is 1. The average molecular weight is 384 g/mol. The molecule has 4 rings (SSSR count). The van der Waals surface area contributed by atoms with Crippen molar-refractivity contribution < 1.29 is 14.0 Å². The summed E-state index contributed by atoms with van der Waals surface area (Å²) in [6.45, 7) is 1.75. The zero-order valence-corrected chi connectivity index (χ0v) is 16.1. The minimum absolute atomic E-state index is 0.0411. The lowest BCUT2D eigenvalue weighted by atomic mass is 9.92. The Morgan fingerprint density at radius 1 is 1.07 bits per heavy atom. The maximum atomic E-state index is 12.7. The number of ketones is 1. The van der Waals surface area contributed by atoms with Crippen molar-refractivity contribution in [3.05, 3.63) is 88.4 Å². The Morgan fingerprint density at radius 3 is 2.41 bits per heavy atom. The van der Waals surface area contributed by atoms with Crippen molar-refractivity contribution >= 4 is 17.4 Å². The van der Waals surface area contributed by atoms with Crippen molar-refractivity contribution in [1.29, 1.82) is 5.26 Å². The molecule has 1 aliphatic carbocycles. The molecule has 29 heavy (non-hydrogen) atoms. The Hall–Kier alpha value is -3.65. The number of hydrogen-bond acceptors (Lipinski definition) is 4. The molecule has 1 amide bonds. The molecule has 0 unspecified atom stereocenters. The van der Waals surface area contributed by atoms with Gasteiger partial charge in [0.05, 0.1) is 17.6 Å². The number of rotatable bonds is 4. The van der Waals surface area contributed by atoms with E-state index in [0.717, 1.165) is 17.5 Å². The van der Waals surface area contributed by atoms with Crippen LogP contribution in [-0.2, 0) is 6.42 Å². The highest BCUT2D eigenvalue weighted by molar-refractivity contribution is 6.07. The van der Waals surface area contributed by atoms with E-state index < -0.39 is 0 Å². The molecule has 0 spiro atoms. The van der Waals surface area contributed by atoms with Gasteiger partial charge in [0, 0.05) is 24.1 Å². The molecule has 0 saturated heterocycles. The Kier molecular flexibility index (Phi) is 5.01. The number of amides is 1. The molecule has 5 nitrogen and oxygen atoms in total. The van der Waals surface area contributed by atoms with E-state index in [1.807, 2.05) is 42.5 Å². The zero-order valence-electron chi connectivity index (χ0n) is 16.1. The summed E-state index contributed by atoms with van der Waals surface area (Å²) in [6.07, 6.45) is 1.93. The van der Waals surface area contributed by atoms with Gasteiger partial charge in [0.1, 0.15) is 5.76 Å². The van der Waals surface area contributed by atoms with Crippen LogP contribution >= 0.6 is 0 Å². The van der Waals surface area contributed by atoms with Crippen LogP contribution in [0.1, 0.15) is 62.1 Å². The predicted molar refractivity (Wildman–Crippen MR) is 109 cm³/mol. The highest BCUT2D eigenvalue weighted by atomic mass is 16.4. The second kappa shape index (κ2) is 7.76. The monoisotopic (exact) mass is 384 g/mol. The number of Topliss-reactive ketones (excluding diaryl/α,β-unsaturated/α-hetero) is 1. The zero-order chi connectivity index (χ0) is 20.4. The van der Waals surface area contributed by atoms with Crippen LogP contribution in [0.15, 0.2) is 59.0 Å². The van der Waals surface area contributed by atoms with E-state index in [1.165, 1.54) is 0 Å². The van der Waals surface area contributed by atoms with E-state index in [2.05, 4.69) is 11.4 Å². The van der Waals surface area contributed by atoms with Crippen LogP contribution in [0.5, 0.6) is 0 Å². The molecule has 0 fully saturated rings. The van der Waals surface area contributed by atoms with E-state index in [1.54, 1.807) is 19.1 Å². The smallest absolute Gasteiger partial charge is 0.291 e. The standard InChI is InChI=1S/C24H20N2O3/c1-15-22-20(27)8-5-9-21(22)29-23(15)24(28)26-18-12-10-17(11-13-18)19(14-25)16-6-3-2-4-7-16/h2-4,6-7,10-13,19H,5,8-9H2,1H3,(H,26,28)/t19-/m1/s1. The van der Waals surface area contributed by atoms with Gasteiger partial charge in [-0.05, 0) is 36.6 Å². The first-order valence-electron chi connectivity index (χ1n) is 9.60. The number of hydrogen-bond donors (Lipinski definition) is 1. The van der Waals surface area contributed by atoms with Gasteiger partial charge in [0.15, 0.2) is 11.5 Å². The number of nitriles is 1. The van der Waals surface area contributed by atoms with Crippen molar-refractivity contribution in [2.75, 3.05) is 5.32 Å². The molecule has 5 heteroatoms. The third-order valence-corrected chi connectivity index (χ3v) is 5.28. The number of anilines is 1. The fourth-order valence-corrected chi connectivity index (χ4v) is 3.80. The Bertz CT molecular complexity index is 1110. The fourth-order valence-electron chi connectivity index (χ4n) is 3.80. The van der Waals surface area contributed by atoms with Crippen molar-refractivity contribution in [2.24, 2.45) is 0 Å². The Labute approximate surface area is 169 Å². The van der Waals surface area contributed by atoms with Crippen molar-refractivity contribution in [1.82, 2.24) is 0 Å². The Morgan fingerprint density at radius 2 is 1.76 bits per heavy atom. The van der Waals surface area contributed by atoms with Gasteiger partial charge in [-0.3, -0.25) is 9.59 Å². The van der Waals surface area contributed by atoms with Gasteiger partial charge in [-0.1, -0.05) is 42.5 Å². The number of carbonyl (C=O) groups is 2. The van der Waals surface area contributed by atoms with Crippen molar-refractivity contribution in [3.63, 3.8) is 0 Å². The maximum absolute atomic E-state index is 12.7. The predicted octanol–water partition coefficient (Wildman–Crippen LogP) is 5.01. The summed E-state index contributed by atoms with van der Waals surface area (Å²) in [5.74, 6) is 0.0928. The second-order valence-electron chi connectivity index (χ2n) is 7.18. The number of furan rings is 1. The van der Waals surface area contributed by atoms with E-state index in [9.17, 15) is 14.9 Å². The van der Waals surface area contributed by atoms with Gasteiger partial charge in [-0.25, -0.2) is 0 Å². The topological polar surface area (TPSA) is 83.1 Å². The maximum Gasteiger partial charge on any atom is 0.291 e. The molecule has 0 aliphatic heterocycles. The molecule has 0 saturated carbocycles. The summed E-state index contributed by atoms with van der Waals surface area (Å²) in [7, 11) is 0. The molecule has 1 aliphatic rings. The van der Waals surface area contributed by atoms with Gasteiger partial charge < -0.3 is 9.73 Å². The first-order chi connectivity index (χ1) is 14.1. The van der Waals surface area contributed by atoms with E-state index >= 15 is 0 Å². The Balaban J connectivity index is 1.53. The number of carbonyl (C=O) groups excluding carboxylic acids is 2. The van der Waals surface area contributed by atoms with Crippen LogP contribution in [0.25, 0.3) is 0 Å². The fraction of sp³-hybridized carbons (Fsp3) is 0.208. The highest BCUT2D eigenvalue weighted by Crippen LogP contribution is 2.30. The largest absolute Gasteiger partial charge is 0.455 e. The van der Waals surface area contributed by atoms with Crippen LogP contribution in [0.2, 0.25) is 0 Å². The average Bonchev–Trinajstić information content (AvgIpc) is 3.08. The normalized spacial score (nSPS) is 14.0. The summed E-state index contributed by atoms with van der Waals surface area (Å²) >= 11 is 0. The van der Waals surface area contributed by atoms with E-state index in [0.29, 0.717) is 35.4 Å². The number of nitrogens with zero attached hydrogens (tertiary/aromatic N) is 1. The SMILES string of the molecule is Cc1c(C(=O)Nc2ccc([C@H](C#N)c3ccccc3)cc2)oc2c1C(=O)CCC2. The van der Waals surface area contributed by atoms with Gasteiger partial charge in [0.2, 0.25) is 0 Å². The molecule has 1 heterocycles. The molecule has 144 valence electrons. The minimum atomic E-state index is -0.377. The molecular formula is C24H20N2O3. The summed E-state index contributed by atoms with van der Waals surface area (Å²) in [4.78, 5) is 24.8. The lowest BCUT2D eigenvalue weighted by Gasteiger charge is -2.11. The molecule has 1 atom stereocenters. The van der Waals surface area contributed by atoms with Crippen LogP contribution in [-0.4, -0.2) is 11.7 Å². The molecule has 2 aromatic carbocycles. The number of benzene rings is 2. The molecule has 3 aromatic rings. The first kappa shape index (κ1) is 18.7. The summed E-state index contributed by atoms with van der Waals surface area (Å²) in [5.41, 5.74) is 3.55. The van der Waals surface area contributed by atoms with E-state index in [-0.39, 0.29) is 23.4 Å². The van der Waals surface area contributed by atoms with Gasteiger partial charge in [0.25, 0.3) is 5.91 Å². The van der Waals surface area contributed by atoms with Gasteiger partial charge in [-0.2, -0.15) is 5.26 Å². The van der Waals surface area contributed by atoms with E-state index in [4.69, 9.17) is 4.42 Å². The molecule has 0 radical (unpaired) electrons. The lowest BCUT2D eigenvalue weighted by molar-refractivity contribution is 0.0963. The summed E-state index contributed by atoms with van der Waals surface area (Å²) in [6, 6.07) is 19.1. The van der Waals surface area contributed by atoms with Crippen LogP contribution < -0.4 is 5.32 Å². The first-order valence-corrected chi connectivity index (χ1v) is 9.60. The minimum Gasteiger partial charge on any atom is -0.455 e.